The number of alkyl halides is 3. The number of carboxylic acid groups (broad SMARTS) is 1. The summed E-state index contributed by atoms with van der Waals surface area (Å²) in [5.74, 6) is -0.339. The molecule has 0 aliphatic rings. The van der Waals surface area contributed by atoms with E-state index < -0.39 is 17.7 Å². The van der Waals surface area contributed by atoms with E-state index >= 15 is 0 Å². The Morgan fingerprint density at radius 3 is 2.53 bits per heavy atom. The topological polar surface area (TPSA) is 77.2 Å². The van der Waals surface area contributed by atoms with E-state index in [0.29, 0.717) is 21.8 Å². The minimum atomic E-state index is -4.38. The molecule has 0 fully saturated rings. The molecule has 1 N–H and O–H groups in total. The highest BCUT2D eigenvalue weighted by Gasteiger charge is 2.30. The lowest BCUT2D eigenvalue weighted by Gasteiger charge is -2.10. The average molecular weight is 461 g/mol. The molecule has 2 aromatic carbocycles. The van der Waals surface area contributed by atoms with Gasteiger partial charge in [0.25, 0.3) is 0 Å². The van der Waals surface area contributed by atoms with Crippen LogP contribution in [0.2, 0.25) is 0 Å². The molecule has 6 nitrogen and oxygen atoms in total. The molecule has 4 aromatic rings. The molecule has 166 valence electrons. The summed E-state index contributed by atoms with van der Waals surface area (Å²) in [5.41, 5.74) is 2.20. The zero-order chi connectivity index (χ0) is 23.0. The molecule has 0 spiro atoms. The van der Waals surface area contributed by atoms with Crippen LogP contribution in [0.1, 0.15) is 21.7 Å². The third-order valence-electron chi connectivity index (χ3n) is 5.04. The number of aromatic nitrogens is 3. The molecule has 0 aliphatic carbocycles. The molecular formula is C22H18F3N3O3S. The van der Waals surface area contributed by atoms with Gasteiger partial charge in [0, 0.05) is 16.5 Å². The first-order valence-electron chi connectivity index (χ1n) is 9.57. The number of nitrogens with zero attached hydrogens (tertiary/aromatic N) is 3. The summed E-state index contributed by atoms with van der Waals surface area (Å²) >= 11 is 1.37. The first-order valence-corrected chi connectivity index (χ1v) is 10.4. The molecule has 0 bridgehead atoms. The predicted molar refractivity (Wildman–Crippen MR) is 114 cm³/mol. The lowest BCUT2D eigenvalue weighted by molar-refractivity contribution is -0.138. The van der Waals surface area contributed by atoms with Crippen molar-refractivity contribution in [2.75, 3.05) is 0 Å². The van der Waals surface area contributed by atoms with E-state index in [9.17, 15) is 18.0 Å². The second kappa shape index (κ2) is 8.27. The van der Waals surface area contributed by atoms with Gasteiger partial charge < -0.3 is 9.84 Å². The summed E-state index contributed by atoms with van der Waals surface area (Å²) in [5, 5.41) is 14.6. The van der Waals surface area contributed by atoms with Gasteiger partial charge in [-0.3, -0.25) is 9.48 Å². The molecule has 2 aromatic heterocycles. The number of thiazole rings is 1. The number of carboxylic acids is 1. The fraction of sp³-hybridized carbons (Fsp3) is 0.227. The molecule has 2 heterocycles. The Morgan fingerprint density at radius 1 is 1.16 bits per heavy atom. The molecule has 0 atom stereocenters. The number of carbonyl (C=O) groups is 1. The van der Waals surface area contributed by atoms with Crippen LogP contribution in [-0.4, -0.2) is 25.8 Å². The maximum atomic E-state index is 12.8. The van der Waals surface area contributed by atoms with Crippen LogP contribution in [0.25, 0.3) is 21.5 Å². The minimum Gasteiger partial charge on any atom is -0.488 e. The standard InChI is InChI=1S/C22H18F3N3O3S/c1-12-16-9-26-28(10-20(29)30)17(16)7-8-18(12)31-11-19-13(2)27-21(32-19)14-3-5-15(6-4-14)22(23,24)25/h3-9H,10-11H2,1-2H3,(H,29,30). The van der Waals surface area contributed by atoms with Crippen LogP contribution >= 0.6 is 11.3 Å². The Kier molecular flexibility index (Phi) is 5.64. The van der Waals surface area contributed by atoms with E-state index in [1.54, 1.807) is 18.3 Å². The number of hydrogen-bond acceptors (Lipinski definition) is 5. The molecule has 0 unspecified atom stereocenters. The molecule has 4 rings (SSSR count). The van der Waals surface area contributed by atoms with E-state index in [0.717, 1.165) is 33.7 Å². The number of rotatable bonds is 6. The van der Waals surface area contributed by atoms with Gasteiger partial charge in [-0.1, -0.05) is 12.1 Å². The smallest absolute Gasteiger partial charge is 0.416 e. The fourth-order valence-corrected chi connectivity index (χ4v) is 4.29. The van der Waals surface area contributed by atoms with Gasteiger partial charge in [-0.05, 0) is 38.1 Å². The van der Waals surface area contributed by atoms with Crippen LogP contribution in [0.5, 0.6) is 5.75 Å². The number of fused-ring (bicyclic) bond motifs is 1. The summed E-state index contributed by atoms with van der Waals surface area (Å²) in [6, 6.07) is 8.46. The van der Waals surface area contributed by atoms with Crippen molar-refractivity contribution in [1.82, 2.24) is 14.8 Å². The lowest BCUT2D eigenvalue weighted by atomic mass is 10.1. The van der Waals surface area contributed by atoms with Gasteiger partial charge in [0.2, 0.25) is 0 Å². The Balaban J connectivity index is 1.52. The fourth-order valence-electron chi connectivity index (χ4n) is 3.31. The highest BCUT2D eigenvalue weighted by Crippen LogP contribution is 2.34. The van der Waals surface area contributed by atoms with E-state index in [1.807, 2.05) is 13.8 Å². The van der Waals surface area contributed by atoms with Crippen molar-refractivity contribution < 1.29 is 27.8 Å². The summed E-state index contributed by atoms with van der Waals surface area (Å²) in [4.78, 5) is 16.3. The van der Waals surface area contributed by atoms with E-state index in [1.165, 1.54) is 28.2 Å². The minimum absolute atomic E-state index is 0.226. The van der Waals surface area contributed by atoms with Crippen molar-refractivity contribution in [3.63, 3.8) is 0 Å². The average Bonchev–Trinajstić information content (AvgIpc) is 3.30. The highest BCUT2D eigenvalue weighted by molar-refractivity contribution is 7.15. The van der Waals surface area contributed by atoms with E-state index in [-0.39, 0.29) is 13.2 Å². The second-order valence-electron chi connectivity index (χ2n) is 7.21. The van der Waals surface area contributed by atoms with Gasteiger partial charge >= 0.3 is 12.1 Å². The summed E-state index contributed by atoms with van der Waals surface area (Å²) in [6.45, 7) is 3.72. The summed E-state index contributed by atoms with van der Waals surface area (Å²) < 4.78 is 45.7. The van der Waals surface area contributed by atoms with Crippen LogP contribution in [0.15, 0.2) is 42.6 Å². The predicted octanol–water partition coefficient (Wildman–Crippen LogP) is 5.46. The van der Waals surface area contributed by atoms with Crippen molar-refractivity contribution in [2.45, 2.75) is 33.2 Å². The third kappa shape index (κ3) is 4.31. The van der Waals surface area contributed by atoms with Crippen molar-refractivity contribution in [2.24, 2.45) is 0 Å². The van der Waals surface area contributed by atoms with Gasteiger partial charge in [0.05, 0.1) is 27.8 Å². The Labute approximate surface area is 184 Å². The van der Waals surface area contributed by atoms with Gasteiger partial charge in [0.1, 0.15) is 23.9 Å². The first kappa shape index (κ1) is 21.8. The monoisotopic (exact) mass is 461 g/mol. The molecular weight excluding hydrogens is 443 g/mol. The Bertz CT molecular complexity index is 1290. The molecule has 32 heavy (non-hydrogen) atoms. The lowest BCUT2D eigenvalue weighted by Crippen LogP contribution is -2.09. The molecule has 0 saturated carbocycles. The Morgan fingerprint density at radius 2 is 1.88 bits per heavy atom. The number of ether oxygens (including phenoxy) is 1. The number of hydrogen-bond donors (Lipinski definition) is 1. The van der Waals surface area contributed by atoms with Gasteiger partial charge in [-0.15, -0.1) is 11.3 Å². The van der Waals surface area contributed by atoms with Crippen LogP contribution in [-0.2, 0) is 24.1 Å². The number of aryl methyl sites for hydroxylation is 2. The zero-order valence-electron chi connectivity index (χ0n) is 17.1. The van der Waals surface area contributed by atoms with Crippen molar-refractivity contribution >= 4 is 28.2 Å². The van der Waals surface area contributed by atoms with Crippen molar-refractivity contribution in [3.05, 3.63) is 64.3 Å². The normalized spacial score (nSPS) is 11.8. The molecule has 0 saturated heterocycles. The maximum absolute atomic E-state index is 12.8. The van der Waals surface area contributed by atoms with E-state index in [2.05, 4.69) is 10.1 Å². The number of halogens is 3. The maximum Gasteiger partial charge on any atom is 0.416 e. The quantitative estimate of drug-likeness (QED) is 0.413. The number of aliphatic carboxylic acids is 1. The van der Waals surface area contributed by atoms with Crippen LogP contribution in [0, 0.1) is 13.8 Å². The molecule has 0 aliphatic heterocycles. The van der Waals surface area contributed by atoms with Gasteiger partial charge in [-0.25, -0.2) is 4.98 Å². The van der Waals surface area contributed by atoms with Crippen LogP contribution in [0.3, 0.4) is 0 Å². The first-order chi connectivity index (χ1) is 15.1. The highest BCUT2D eigenvalue weighted by atomic mass is 32.1. The zero-order valence-corrected chi connectivity index (χ0v) is 17.9. The number of benzene rings is 2. The van der Waals surface area contributed by atoms with Crippen molar-refractivity contribution in [1.29, 1.82) is 0 Å². The van der Waals surface area contributed by atoms with Gasteiger partial charge in [-0.2, -0.15) is 18.3 Å². The SMILES string of the molecule is Cc1nc(-c2ccc(C(F)(F)F)cc2)sc1COc1ccc2c(cnn2CC(=O)O)c1C. The summed E-state index contributed by atoms with van der Waals surface area (Å²) in [7, 11) is 0. The molecule has 10 heteroatoms. The van der Waals surface area contributed by atoms with E-state index in [4.69, 9.17) is 9.84 Å². The van der Waals surface area contributed by atoms with Crippen LogP contribution < -0.4 is 4.74 Å². The molecule has 0 amide bonds. The largest absolute Gasteiger partial charge is 0.488 e. The van der Waals surface area contributed by atoms with Gasteiger partial charge in [0.15, 0.2) is 0 Å². The summed E-state index contributed by atoms with van der Waals surface area (Å²) in [6.07, 6.45) is -2.76. The third-order valence-corrected chi connectivity index (χ3v) is 6.22. The second-order valence-corrected chi connectivity index (χ2v) is 8.29. The van der Waals surface area contributed by atoms with Crippen LogP contribution in [0.4, 0.5) is 13.2 Å². The Hall–Kier alpha value is -3.40. The molecule has 0 radical (unpaired) electrons. The van der Waals surface area contributed by atoms with Crippen molar-refractivity contribution in [3.8, 4) is 16.3 Å².